The summed E-state index contributed by atoms with van der Waals surface area (Å²) in [6, 6.07) is 14.1. The van der Waals surface area contributed by atoms with Crippen LogP contribution in [0.3, 0.4) is 0 Å². The predicted octanol–water partition coefficient (Wildman–Crippen LogP) is 5.59. The number of aryl methyl sites for hydroxylation is 1. The maximum atomic E-state index is 13.7. The van der Waals surface area contributed by atoms with E-state index in [1.165, 1.54) is 4.90 Å². The molecule has 0 spiro atoms. The van der Waals surface area contributed by atoms with E-state index in [1.54, 1.807) is 29.2 Å². The molecule has 3 rings (SSSR count). The zero-order valence-corrected chi connectivity index (χ0v) is 19.3. The first-order valence-electron chi connectivity index (χ1n) is 11.4. The van der Waals surface area contributed by atoms with E-state index in [1.807, 2.05) is 45.0 Å². The number of rotatable bonds is 9. The van der Waals surface area contributed by atoms with E-state index in [4.69, 9.17) is 4.74 Å². The lowest BCUT2D eigenvalue weighted by atomic mass is 9.72. The van der Waals surface area contributed by atoms with Crippen molar-refractivity contribution in [1.29, 1.82) is 0 Å². The summed E-state index contributed by atoms with van der Waals surface area (Å²) < 4.78 is 6.20. The number of urea groups is 1. The van der Waals surface area contributed by atoms with E-state index < -0.39 is 11.6 Å². The van der Waals surface area contributed by atoms with Gasteiger partial charge in [-0.05, 0) is 62.6 Å². The molecule has 1 aliphatic heterocycles. The van der Waals surface area contributed by atoms with Gasteiger partial charge >= 0.3 is 6.03 Å². The van der Waals surface area contributed by atoms with Crippen molar-refractivity contribution in [3.63, 3.8) is 0 Å². The highest BCUT2D eigenvalue weighted by Crippen LogP contribution is 2.46. The van der Waals surface area contributed by atoms with Gasteiger partial charge < -0.3 is 4.74 Å². The van der Waals surface area contributed by atoms with E-state index in [0.29, 0.717) is 30.7 Å². The molecule has 6 heteroatoms. The molecule has 1 atom stereocenters. The number of unbranched alkanes of at least 4 members (excludes halogenated alkanes) is 1. The Morgan fingerprint density at radius 2 is 1.69 bits per heavy atom. The SMILES string of the molecule is CCCCN(C(=O)N1C(=O)C(CC)(CC)[C@@H]1Oc1ccc(C=O)cc1)c1ccc(C)cc1. The summed E-state index contributed by atoms with van der Waals surface area (Å²) >= 11 is 0. The van der Waals surface area contributed by atoms with Gasteiger partial charge in [-0.25, -0.2) is 9.69 Å². The van der Waals surface area contributed by atoms with Crippen LogP contribution in [0.4, 0.5) is 10.5 Å². The fourth-order valence-corrected chi connectivity index (χ4v) is 4.15. The van der Waals surface area contributed by atoms with Gasteiger partial charge in [-0.3, -0.25) is 14.5 Å². The van der Waals surface area contributed by atoms with Crippen molar-refractivity contribution < 1.29 is 19.1 Å². The number of anilines is 1. The normalized spacial score (nSPS) is 16.9. The highest BCUT2D eigenvalue weighted by molar-refractivity contribution is 6.08. The van der Waals surface area contributed by atoms with Crippen LogP contribution in [0.5, 0.6) is 5.75 Å². The largest absolute Gasteiger partial charge is 0.469 e. The third-order valence-corrected chi connectivity index (χ3v) is 6.40. The van der Waals surface area contributed by atoms with Gasteiger partial charge in [-0.2, -0.15) is 0 Å². The summed E-state index contributed by atoms with van der Waals surface area (Å²) in [5.74, 6) is 0.322. The number of hydrogen-bond donors (Lipinski definition) is 0. The Bertz CT molecular complexity index is 949. The number of hydrogen-bond acceptors (Lipinski definition) is 4. The lowest BCUT2D eigenvalue weighted by molar-refractivity contribution is -0.190. The van der Waals surface area contributed by atoms with Gasteiger partial charge in [-0.15, -0.1) is 0 Å². The highest BCUT2D eigenvalue weighted by Gasteiger charge is 2.63. The van der Waals surface area contributed by atoms with E-state index in [0.717, 1.165) is 30.4 Å². The van der Waals surface area contributed by atoms with Crippen LogP contribution in [0, 0.1) is 12.3 Å². The van der Waals surface area contributed by atoms with Crippen LogP contribution in [-0.4, -0.2) is 35.9 Å². The van der Waals surface area contributed by atoms with Crippen LogP contribution in [0.1, 0.15) is 62.4 Å². The molecule has 2 aromatic carbocycles. The quantitative estimate of drug-likeness (QED) is 0.380. The number of imide groups is 1. The monoisotopic (exact) mass is 436 g/mol. The number of nitrogens with zero attached hydrogens (tertiary/aromatic N) is 2. The lowest BCUT2D eigenvalue weighted by Gasteiger charge is -2.54. The number of carbonyl (C=O) groups is 3. The molecule has 1 heterocycles. The summed E-state index contributed by atoms with van der Waals surface area (Å²) in [6.07, 6.45) is 2.97. The van der Waals surface area contributed by atoms with Crippen molar-refractivity contribution in [2.45, 2.75) is 59.6 Å². The number of benzene rings is 2. The molecule has 6 nitrogen and oxygen atoms in total. The standard InChI is InChI=1S/C26H32N2O4/c1-5-8-17-27(21-13-9-19(4)10-14-21)25(31)28-23(30)26(6-2,7-3)24(28)32-22-15-11-20(18-29)12-16-22/h9-16,18,24H,5-8,17H2,1-4H3/t24-/m0/s1. The molecule has 2 aromatic rings. The van der Waals surface area contributed by atoms with Crippen LogP contribution in [0.15, 0.2) is 48.5 Å². The summed E-state index contributed by atoms with van der Waals surface area (Å²) in [6.45, 7) is 8.49. The molecular weight excluding hydrogens is 404 g/mol. The molecule has 170 valence electrons. The predicted molar refractivity (Wildman–Crippen MR) is 125 cm³/mol. The lowest BCUT2D eigenvalue weighted by Crippen LogP contribution is -2.74. The van der Waals surface area contributed by atoms with Crippen LogP contribution in [-0.2, 0) is 4.79 Å². The van der Waals surface area contributed by atoms with Crippen molar-refractivity contribution in [3.8, 4) is 5.75 Å². The molecule has 1 aliphatic rings. The number of amides is 3. The number of likely N-dealkylation sites (tertiary alicyclic amines) is 1. The molecule has 3 amide bonds. The fourth-order valence-electron chi connectivity index (χ4n) is 4.15. The first-order chi connectivity index (χ1) is 15.4. The van der Waals surface area contributed by atoms with Crippen LogP contribution in [0.2, 0.25) is 0 Å². The average Bonchev–Trinajstić information content (AvgIpc) is 2.81. The fraction of sp³-hybridized carbons (Fsp3) is 0.423. The van der Waals surface area contributed by atoms with Gasteiger partial charge in [0.15, 0.2) is 6.23 Å². The Kier molecular flexibility index (Phi) is 7.33. The Labute approximate surface area is 190 Å². The molecular formula is C26H32N2O4. The average molecular weight is 437 g/mol. The smallest absolute Gasteiger partial charge is 0.334 e. The van der Waals surface area contributed by atoms with Gasteiger partial charge in [-0.1, -0.05) is 44.9 Å². The summed E-state index contributed by atoms with van der Waals surface area (Å²) in [5.41, 5.74) is 1.66. The Morgan fingerprint density at radius 1 is 1.06 bits per heavy atom. The Balaban J connectivity index is 1.93. The molecule has 0 N–H and O–H groups in total. The van der Waals surface area contributed by atoms with E-state index in [-0.39, 0.29) is 11.9 Å². The second-order valence-electron chi connectivity index (χ2n) is 8.32. The molecule has 0 unspecified atom stereocenters. The van der Waals surface area contributed by atoms with Gasteiger partial charge in [0, 0.05) is 17.8 Å². The maximum absolute atomic E-state index is 13.7. The van der Waals surface area contributed by atoms with E-state index >= 15 is 0 Å². The molecule has 0 bridgehead atoms. The molecule has 0 radical (unpaired) electrons. The van der Waals surface area contributed by atoms with Crippen molar-refractivity contribution in [3.05, 3.63) is 59.7 Å². The van der Waals surface area contributed by atoms with Crippen LogP contribution in [0.25, 0.3) is 0 Å². The minimum Gasteiger partial charge on any atom is -0.469 e. The molecule has 0 aliphatic carbocycles. The van der Waals surface area contributed by atoms with E-state index in [9.17, 15) is 14.4 Å². The molecule has 0 saturated carbocycles. The van der Waals surface area contributed by atoms with Crippen molar-refractivity contribution in [2.75, 3.05) is 11.4 Å². The Hall–Kier alpha value is -3.15. The first kappa shape index (κ1) is 23.5. The first-order valence-corrected chi connectivity index (χ1v) is 11.4. The molecule has 32 heavy (non-hydrogen) atoms. The van der Waals surface area contributed by atoms with Crippen LogP contribution < -0.4 is 9.64 Å². The number of carbonyl (C=O) groups excluding carboxylic acids is 3. The van der Waals surface area contributed by atoms with Gasteiger partial charge in [0.25, 0.3) is 0 Å². The second-order valence-corrected chi connectivity index (χ2v) is 8.32. The van der Waals surface area contributed by atoms with Crippen molar-refractivity contribution in [1.82, 2.24) is 4.90 Å². The molecule has 0 aromatic heterocycles. The van der Waals surface area contributed by atoms with Gasteiger partial charge in [0.2, 0.25) is 5.91 Å². The number of aldehydes is 1. The van der Waals surface area contributed by atoms with Gasteiger partial charge in [0.1, 0.15) is 17.5 Å². The van der Waals surface area contributed by atoms with Crippen LogP contribution >= 0.6 is 0 Å². The Morgan fingerprint density at radius 3 is 2.22 bits per heavy atom. The maximum Gasteiger partial charge on any atom is 0.334 e. The number of ether oxygens (including phenoxy) is 1. The zero-order chi connectivity index (χ0) is 23.3. The topological polar surface area (TPSA) is 66.9 Å². The zero-order valence-electron chi connectivity index (χ0n) is 19.3. The molecule has 1 saturated heterocycles. The van der Waals surface area contributed by atoms with Crippen molar-refractivity contribution >= 4 is 23.9 Å². The third kappa shape index (κ3) is 4.27. The third-order valence-electron chi connectivity index (χ3n) is 6.40. The molecule has 1 fully saturated rings. The van der Waals surface area contributed by atoms with E-state index in [2.05, 4.69) is 6.92 Å². The van der Waals surface area contributed by atoms with Gasteiger partial charge in [0.05, 0.1) is 0 Å². The summed E-state index contributed by atoms with van der Waals surface area (Å²) in [5, 5.41) is 0. The minimum atomic E-state index is -0.747. The summed E-state index contributed by atoms with van der Waals surface area (Å²) in [4.78, 5) is 40.8. The summed E-state index contributed by atoms with van der Waals surface area (Å²) in [7, 11) is 0. The number of β-lactam (4-membered cyclic amide) rings is 1. The minimum absolute atomic E-state index is 0.198. The van der Waals surface area contributed by atoms with Crippen molar-refractivity contribution in [2.24, 2.45) is 5.41 Å². The second kappa shape index (κ2) is 9.98. The highest BCUT2D eigenvalue weighted by atomic mass is 16.5.